The van der Waals surface area contributed by atoms with E-state index >= 15 is 0 Å². The van der Waals surface area contributed by atoms with Crippen molar-refractivity contribution in [3.8, 4) is 16.9 Å². The minimum Gasteiger partial charge on any atom is -0.497 e. The maximum atomic E-state index is 13.1. The molecule has 1 saturated heterocycles. The van der Waals surface area contributed by atoms with Gasteiger partial charge in [-0.1, -0.05) is 36.4 Å². The summed E-state index contributed by atoms with van der Waals surface area (Å²) < 4.78 is 33.7. The first-order valence-electron chi connectivity index (χ1n) is 12.1. The Morgan fingerprint density at radius 3 is 2.08 bits per heavy atom. The third-order valence-corrected chi connectivity index (χ3v) is 8.25. The van der Waals surface area contributed by atoms with E-state index in [2.05, 4.69) is 9.62 Å². The molecule has 3 aromatic rings. The number of nitrogens with zero attached hydrogens (tertiary/aromatic N) is 2. The molecule has 0 saturated carbocycles. The lowest BCUT2D eigenvalue weighted by molar-refractivity contribution is -0.384. The highest BCUT2D eigenvalue weighted by Gasteiger charge is 2.35. The second-order valence-electron chi connectivity index (χ2n) is 9.23. The topological polar surface area (TPSA) is 139 Å². The molecule has 4 rings (SSSR count). The molecule has 1 aliphatic rings. The number of nitro benzene ring substituents is 1. The molecular formula is C27H29N3O7S. The number of carboxylic acid groups (broad SMARTS) is 1. The average Bonchev–Trinajstić information content (AvgIpc) is 2.92. The van der Waals surface area contributed by atoms with Gasteiger partial charge in [-0.15, -0.1) is 0 Å². The van der Waals surface area contributed by atoms with Crippen molar-refractivity contribution in [1.29, 1.82) is 0 Å². The molecule has 10 nitrogen and oxygen atoms in total. The van der Waals surface area contributed by atoms with Gasteiger partial charge in [0.2, 0.25) is 10.0 Å². The van der Waals surface area contributed by atoms with E-state index in [1.807, 2.05) is 24.3 Å². The van der Waals surface area contributed by atoms with Crippen molar-refractivity contribution in [1.82, 2.24) is 9.62 Å². The Hall–Kier alpha value is -3.80. The Kier molecular flexibility index (Phi) is 8.40. The summed E-state index contributed by atoms with van der Waals surface area (Å²) in [5.74, 6) is -0.861. The number of sulfonamides is 1. The first kappa shape index (κ1) is 27.2. The van der Waals surface area contributed by atoms with Crippen LogP contribution in [-0.4, -0.2) is 55.6 Å². The molecular weight excluding hydrogens is 510 g/mol. The zero-order valence-electron chi connectivity index (χ0n) is 20.8. The lowest BCUT2D eigenvalue weighted by Gasteiger charge is -2.34. The van der Waals surface area contributed by atoms with Crippen molar-refractivity contribution >= 4 is 21.7 Å². The number of benzene rings is 3. The molecule has 11 heteroatoms. The van der Waals surface area contributed by atoms with Crippen LogP contribution in [0.15, 0.2) is 77.7 Å². The molecule has 2 N–H and O–H groups in total. The number of hydrogen-bond acceptors (Lipinski definition) is 7. The normalized spacial score (nSPS) is 15.6. The zero-order valence-corrected chi connectivity index (χ0v) is 21.6. The maximum absolute atomic E-state index is 13.1. The third-order valence-electron chi connectivity index (χ3n) is 6.79. The number of aliphatic carboxylic acids is 1. The van der Waals surface area contributed by atoms with Crippen molar-refractivity contribution in [2.24, 2.45) is 5.92 Å². The second kappa shape index (κ2) is 11.7. The van der Waals surface area contributed by atoms with Crippen molar-refractivity contribution in [3.05, 3.63) is 88.5 Å². The maximum Gasteiger partial charge on any atom is 0.322 e. The molecule has 0 spiro atoms. The van der Waals surface area contributed by atoms with Gasteiger partial charge in [0.25, 0.3) is 5.69 Å². The van der Waals surface area contributed by atoms with Crippen LogP contribution in [0.4, 0.5) is 5.69 Å². The number of hydrogen-bond donors (Lipinski definition) is 2. The average molecular weight is 540 g/mol. The molecule has 1 aliphatic heterocycles. The van der Waals surface area contributed by atoms with Crippen LogP contribution in [0.1, 0.15) is 18.4 Å². The van der Waals surface area contributed by atoms with Gasteiger partial charge in [-0.2, -0.15) is 4.72 Å². The van der Waals surface area contributed by atoms with Crippen molar-refractivity contribution in [3.63, 3.8) is 0 Å². The Bertz CT molecular complexity index is 1370. The van der Waals surface area contributed by atoms with Gasteiger partial charge >= 0.3 is 5.97 Å². The number of carboxylic acids is 1. The first-order valence-corrected chi connectivity index (χ1v) is 13.6. The van der Waals surface area contributed by atoms with Crippen molar-refractivity contribution in [2.45, 2.75) is 30.3 Å². The minimum atomic E-state index is -4.06. The molecule has 0 radical (unpaired) electrons. The summed E-state index contributed by atoms with van der Waals surface area (Å²) in [7, 11) is -2.48. The summed E-state index contributed by atoms with van der Waals surface area (Å²) in [5, 5.41) is 20.7. The highest BCUT2D eigenvalue weighted by molar-refractivity contribution is 7.89. The Morgan fingerprint density at radius 1 is 1.03 bits per heavy atom. The Balaban J connectivity index is 1.37. The molecule has 38 heavy (non-hydrogen) atoms. The first-order chi connectivity index (χ1) is 18.2. The van der Waals surface area contributed by atoms with Crippen LogP contribution in [0.25, 0.3) is 11.1 Å². The molecule has 200 valence electrons. The van der Waals surface area contributed by atoms with E-state index in [4.69, 9.17) is 4.74 Å². The molecule has 1 fully saturated rings. The Morgan fingerprint density at radius 2 is 1.58 bits per heavy atom. The SMILES string of the molecule is COc1ccc(-c2ccc(S(=O)(=O)NC(C(=O)O)C3CCN(Cc4ccc([N+](=O)[O-])cc4)CC3)cc2)cc1. The number of piperidine rings is 1. The van der Waals surface area contributed by atoms with E-state index in [0.717, 1.165) is 16.7 Å². The number of ether oxygens (including phenoxy) is 1. The van der Waals surface area contributed by atoms with Gasteiger partial charge in [0.1, 0.15) is 11.8 Å². The van der Waals surface area contributed by atoms with Crippen molar-refractivity contribution in [2.75, 3.05) is 20.2 Å². The number of non-ortho nitro benzene ring substituents is 1. The number of nitro groups is 1. The summed E-state index contributed by atoms with van der Waals surface area (Å²) in [4.78, 5) is 24.6. The van der Waals surface area contributed by atoms with E-state index in [1.165, 1.54) is 24.3 Å². The molecule has 0 amide bonds. The quantitative estimate of drug-likeness (QED) is 0.292. The van der Waals surface area contributed by atoms with Gasteiger partial charge in [0, 0.05) is 18.7 Å². The van der Waals surface area contributed by atoms with Gasteiger partial charge in [-0.05, 0) is 72.8 Å². The summed E-state index contributed by atoms with van der Waals surface area (Å²) in [6.07, 6.45) is 1.01. The predicted octanol–water partition coefficient (Wildman–Crippen LogP) is 3.91. The van der Waals surface area contributed by atoms with Crippen LogP contribution >= 0.6 is 0 Å². The fraction of sp³-hybridized carbons (Fsp3) is 0.296. The zero-order chi connectivity index (χ0) is 27.3. The predicted molar refractivity (Wildman–Crippen MR) is 141 cm³/mol. The molecule has 0 aliphatic carbocycles. The summed E-state index contributed by atoms with van der Waals surface area (Å²) in [5.41, 5.74) is 2.66. The molecule has 1 heterocycles. The van der Waals surface area contributed by atoms with E-state index in [0.29, 0.717) is 38.2 Å². The Labute approximate surface area is 221 Å². The third kappa shape index (κ3) is 6.55. The van der Waals surface area contributed by atoms with Crippen LogP contribution in [0.2, 0.25) is 0 Å². The molecule has 1 unspecified atom stereocenters. The number of likely N-dealkylation sites (tertiary alicyclic amines) is 1. The van der Waals surface area contributed by atoms with Crippen LogP contribution in [0.5, 0.6) is 5.75 Å². The highest BCUT2D eigenvalue weighted by Crippen LogP contribution is 2.26. The lowest BCUT2D eigenvalue weighted by atomic mass is 9.90. The molecule has 0 bridgehead atoms. The molecule has 1 atom stereocenters. The van der Waals surface area contributed by atoms with Crippen LogP contribution < -0.4 is 9.46 Å². The second-order valence-corrected chi connectivity index (χ2v) is 10.9. The van der Waals surface area contributed by atoms with E-state index in [-0.39, 0.29) is 16.5 Å². The van der Waals surface area contributed by atoms with E-state index < -0.39 is 27.0 Å². The van der Waals surface area contributed by atoms with Gasteiger partial charge in [0.05, 0.1) is 16.9 Å². The van der Waals surface area contributed by atoms with Gasteiger partial charge < -0.3 is 9.84 Å². The number of nitrogens with one attached hydrogen (secondary N) is 1. The fourth-order valence-corrected chi connectivity index (χ4v) is 5.88. The molecule has 0 aromatic heterocycles. The van der Waals surface area contributed by atoms with E-state index in [1.54, 1.807) is 31.4 Å². The number of rotatable bonds is 10. The monoisotopic (exact) mass is 539 g/mol. The fourth-order valence-electron chi connectivity index (χ4n) is 4.62. The molecule has 3 aromatic carbocycles. The number of methoxy groups -OCH3 is 1. The van der Waals surface area contributed by atoms with Gasteiger partial charge in [-0.3, -0.25) is 19.8 Å². The van der Waals surface area contributed by atoms with Gasteiger partial charge in [-0.25, -0.2) is 8.42 Å². The highest BCUT2D eigenvalue weighted by atomic mass is 32.2. The van der Waals surface area contributed by atoms with Crippen LogP contribution in [-0.2, 0) is 21.4 Å². The summed E-state index contributed by atoms with van der Waals surface area (Å²) in [6, 6.07) is 18.8. The van der Waals surface area contributed by atoms with E-state index in [9.17, 15) is 28.4 Å². The van der Waals surface area contributed by atoms with Crippen molar-refractivity contribution < 1.29 is 28.0 Å². The summed E-state index contributed by atoms with van der Waals surface area (Å²) in [6.45, 7) is 1.75. The largest absolute Gasteiger partial charge is 0.497 e. The van der Waals surface area contributed by atoms with Gasteiger partial charge in [0.15, 0.2) is 0 Å². The smallest absolute Gasteiger partial charge is 0.322 e. The summed E-state index contributed by atoms with van der Waals surface area (Å²) >= 11 is 0. The minimum absolute atomic E-state index is 0.00313. The lowest BCUT2D eigenvalue weighted by Crippen LogP contribution is -2.49. The van der Waals surface area contributed by atoms with Crippen LogP contribution in [0.3, 0.4) is 0 Å². The standard InChI is InChI=1S/C27H29N3O7S/c1-37-24-10-4-20(5-11-24)21-6-12-25(13-7-21)38(35,36)28-26(27(31)32)22-14-16-29(17-15-22)18-19-2-8-23(9-3-19)30(33)34/h2-13,22,26,28H,14-18H2,1H3,(H,31,32). The number of carbonyl (C=O) groups is 1. The van der Waals surface area contributed by atoms with Crippen LogP contribution in [0, 0.1) is 16.0 Å².